The first-order valence-corrected chi connectivity index (χ1v) is 6.07. The van der Waals surface area contributed by atoms with Gasteiger partial charge in [-0.3, -0.25) is 4.79 Å². The second kappa shape index (κ2) is 6.23. The number of benzene rings is 1. The maximum atomic E-state index is 12.0. The SMILES string of the molecule is COCCN(C)C(=O)c1cc(Br)cc(Cl)c1O. The topological polar surface area (TPSA) is 49.8 Å². The first kappa shape index (κ1) is 14.3. The van der Waals surface area contributed by atoms with Crippen molar-refractivity contribution in [2.75, 3.05) is 27.3 Å². The second-order valence-corrected chi connectivity index (χ2v) is 4.83. The Morgan fingerprint density at radius 2 is 2.24 bits per heavy atom. The van der Waals surface area contributed by atoms with Gasteiger partial charge in [0.1, 0.15) is 5.75 Å². The number of phenolic OH excluding ortho intramolecular Hbond substituents is 1. The molecule has 0 saturated heterocycles. The van der Waals surface area contributed by atoms with Gasteiger partial charge in [0.25, 0.3) is 5.91 Å². The molecule has 6 heteroatoms. The second-order valence-electron chi connectivity index (χ2n) is 3.50. The molecule has 1 amide bonds. The van der Waals surface area contributed by atoms with E-state index < -0.39 is 0 Å². The number of rotatable bonds is 4. The Labute approximate surface area is 113 Å². The highest BCUT2D eigenvalue weighted by Gasteiger charge is 2.18. The summed E-state index contributed by atoms with van der Waals surface area (Å²) in [4.78, 5) is 13.5. The molecule has 94 valence electrons. The van der Waals surface area contributed by atoms with Crippen molar-refractivity contribution in [3.8, 4) is 5.75 Å². The van der Waals surface area contributed by atoms with E-state index >= 15 is 0 Å². The number of aromatic hydroxyl groups is 1. The lowest BCUT2D eigenvalue weighted by atomic mass is 10.2. The van der Waals surface area contributed by atoms with Gasteiger partial charge >= 0.3 is 0 Å². The van der Waals surface area contributed by atoms with Gasteiger partial charge in [-0.1, -0.05) is 27.5 Å². The van der Waals surface area contributed by atoms with Crippen LogP contribution in [0.5, 0.6) is 5.75 Å². The van der Waals surface area contributed by atoms with Crippen LogP contribution in [-0.4, -0.2) is 43.2 Å². The number of carbonyl (C=O) groups excluding carboxylic acids is 1. The van der Waals surface area contributed by atoms with Crippen LogP contribution in [0.25, 0.3) is 0 Å². The molecule has 0 aliphatic rings. The molecule has 0 unspecified atom stereocenters. The molecule has 0 atom stereocenters. The van der Waals surface area contributed by atoms with Crippen LogP contribution in [0.3, 0.4) is 0 Å². The highest BCUT2D eigenvalue weighted by Crippen LogP contribution is 2.31. The van der Waals surface area contributed by atoms with E-state index in [0.717, 1.165) is 0 Å². The highest BCUT2D eigenvalue weighted by atomic mass is 79.9. The quantitative estimate of drug-likeness (QED) is 0.927. The molecule has 0 aliphatic heterocycles. The smallest absolute Gasteiger partial charge is 0.257 e. The lowest BCUT2D eigenvalue weighted by molar-refractivity contribution is 0.0741. The number of likely N-dealkylation sites (N-methyl/N-ethyl adjacent to an activating group) is 1. The number of methoxy groups -OCH3 is 1. The van der Waals surface area contributed by atoms with E-state index in [1.165, 1.54) is 17.0 Å². The first-order valence-electron chi connectivity index (χ1n) is 4.89. The third-order valence-electron chi connectivity index (χ3n) is 2.24. The number of hydrogen-bond donors (Lipinski definition) is 1. The summed E-state index contributed by atoms with van der Waals surface area (Å²) < 4.78 is 5.53. The fourth-order valence-corrected chi connectivity index (χ4v) is 2.07. The van der Waals surface area contributed by atoms with Crippen LogP contribution < -0.4 is 0 Å². The normalized spacial score (nSPS) is 10.4. The van der Waals surface area contributed by atoms with Crippen LogP contribution in [0, 0.1) is 0 Å². The fourth-order valence-electron chi connectivity index (χ4n) is 1.26. The Morgan fingerprint density at radius 3 is 2.82 bits per heavy atom. The van der Waals surface area contributed by atoms with Gasteiger partial charge in [0, 0.05) is 25.2 Å². The number of hydrogen-bond acceptors (Lipinski definition) is 3. The molecule has 0 bridgehead atoms. The van der Waals surface area contributed by atoms with Crippen molar-refractivity contribution in [1.29, 1.82) is 0 Å². The van der Waals surface area contributed by atoms with Crippen molar-refractivity contribution in [2.24, 2.45) is 0 Å². The number of ether oxygens (including phenoxy) is 1. The molecule has 4 nitrogen and oxygen atoms in total. The van der Waals surface area contributed by atoms with Crippen molar-refractivity contribution in [2.45, 2.75) is 0 Å². The van der Waals surface area contributed by atoms with E-state index in [9.17, 15) is 9.90 Å². The van der Waals surface area contributed by atoms with Crippen LogP contribution >= 0.6 is 27.5 Å². The van der Waals surface area contributed by atoms with E-state index in [0.29, 0.717) is 17.6 Å². The molecule has 0 fully saturated rings. The molecule has 1 N–H and O–H groups in total. The third kappa shape index (κ3) is 3.59. The van der Waals surface area contributed by atoms with Crippen molar-refractivity contribution in [1.82, 2.24) is 4.90 Å². The van der Waals surface area contributed by atoms with Gasteiger partial charge in [-0.2, -0.15) is 0 Å². The molecule has 1 rings (SSSR count). The zero-order valence-electron chi connectivity index (χ0n) is 9.54. The maximum absolute atomic E-state index is 12.0. The van der Waals surface area contributed by atoms with Crippen LogP contribution in [0.2, 0.25) is 5.02 Å². The van der Waals surface area contributed by atoms with Crippen molar-refractivity contribution in [3.63, 3.8) is 0 Å². The predicted molar refractivity (Wildman–Crippen MR) is 69.7 cm³/mol. The zero-order valence-corrected chi connectivity index (χ0v) is 11.9. The van der Waals surface area contributed by atoms with Gasteiger partial charge in [0.15, 0.2) is 0 Å². The summed E-state index contributed by atoms with van der Waals surface area (Å²) in [6.07, 6.45) is 0. The highest BCUT2D eigenvalue weighted by molar-refractivity contribution is 9.10. The molecule has 1 aromatic rings. The minimum Gasteiger partial charge on any atom is -0.506 e. The summed E-state index contributed by atoms with van der Waals surface area (Å²) in [5, 5.41) is 9.88. The van der Waals surface area contributed by atoms with Crippen molar-refractivity contribution < 1.29 is 14.6 Å². The standard InChI is InChI=1S/C11H13BrClNO3/c1-14(3-4-17-2)11(16)8-5-7(12)6-9(13)10(8)15/h5-6,15H,3-4H2,1-2H3. The number of phenols is 1. The summed E-state index contributed by atoms with van der Waals surface area (Å²) in [7, 11) is 3.20. The number of amides is 1. The summed E-state index contributed by atoms with van der Waals surface area (Å²) in [6, 6.07) is 3.07. The van der Waals surface area contributed by atoms with Gasteiger partial charge in [-0.05, 0) is 12.1 Å². The summed E-state index contributed by atoms with van der Waals surface area (Å²) in [5.41, 5.74) is 0.169. The Kier molecular flexibility index (Phi) is 5.24. The number of nitrogens with zero attached hydrogens (tertiary/aromatic N) is 1. The molecule has 0 spiro atoms. The predicted octanol–water partition coefficient (Wildman–Crippen LogP) is 2.53. The first-order chi connectivity index (χ1) is 7.97. The van der Waals surface area contributed by atoms with Gasteiger partial charge in [0.2, 0.25) is 0 Å². The van der Waals surface area contributed by atoms with Gasteiger partial charge in [-0.25, -0.2) is 0 Å². The molecular weight excluding hydrogens is 309 g/mol. The van der Waals surface area contributed by atoms with Gasteiger partial charge < -0.3 is 14.7 Å². The largest absolute Gasteiger partial charge is 0.506 e. The summed E-state index contributed by atoms with van der Waals surface area (Å²) in [5.74, 6) is -0.508. The maximum Gasteiger partial charge on any atom is 0.257 e. The summed E-state index contributed by atoms with van der Waals surface area (Å²) in [6.45, 7) is 0.879. The average molecular weight is 323 g/mol. The van der Waals surface area contributed by atoms with E-state index in [-0.39, 0.29) is 22.2 Å². The lowest BCUT2D eigenvalue weighted by Crippen LogP contribution is -2.30. The zero-order chi connectivity index (χ0) is 13.0. The summed E-state index contributed by atoms with van der Waals surface area (Å²) >= 11 is 9.02. The van der Waals surface area contributed by atoms with Crippen LogP contribution in [0.4, 0.5) is 0 Å². The molecule has 17 heavy (non-hydrogen) atoms. The molecule has 0 heterocycles. The van der Waals surface area contributed by atoms with E-state index in [4.69, 9.17) is 16.3 Å². The van der Waals surface area contributed by atoms with Gasteiger partial charge in [-0.15, -0.1) is 0 Å². The lowest BCUT2D eigenvalue weighted by Gasteiger charge is -2.17. The third-order valence-corrected chi connectivity index (χ3v) is 2.98. The van der Waals surface area contributed by atoms with Crippen molar-refractivity contribution in [3.05, 3.63) is 27.2 Å². The average Bonchev–Trinajstić information content (AvgIpc) is 2.29. The van der Waals surface area contributed by atoms with E-state index in [1.54, 1.807) is 14.2 Å². The van der Waals surface area contributed by atoms with Crippen LogP contribution in [0.15, 0.2) is 16.6 Å². The minimum atomic E-state index is -0.303. The Morgan fingerprint density at radius 1 is 1.59 bits per heavy atom. The molecule has 0 aromatic heterocycles. The molecular formula is C11H13BrClNO3. The fraction of sp³-hybridized carbons (Fsp3) is 0.364. The number of carbonyl (C=O) groups is 1. The van der Waals surface area contributed by atoms with Crippen molar-refractivity contribution >= 4 is 33.4 Å². The molecule has 0 aliphatic carbocycles. The molecule has 0 radical (unpaired) electrons. The Bertz CT molecular complexity index is 425. The Hall–Kier alpha value is -0.780. The molecule has 0 saturated carbocycles. The molecule has 1 aromatic carbocycles. The van der Waals surface area contributed by atoms with Crippen LogP contribution in [-0.2, 0) is 4.74 Å². The van der Waals surface area contributed by atoms with Crippen LogP contribution in [0.1, 0.15) is 10.4 Å². The van der Waals surface area contributed by atoms with E-state index in [2.05, 4.69) is 15.9 Å². The minimum absolute atomic E-state index is 0.142. The number of halogens is 2. The Balaban J connectivity index is 2.96. The van der Waals surface area contributed by atoms with E-state index in [1.807, 2.05) is 0 Å². The van der Waals surface area contributed by atoms with Gasteiger partial charge in [0.05, 0.1) is 17.2 Å². The monoisotopic (exact) mass is 321 g/mol.